The second-order valence-corrected chi connectivity index (χ2v) is 8.71. The lowest BCUT2D eigenvalue weighted by Crippen LogP contribution is -2.47. The summed E-state index contributed by atoms with van der Waals surface area (Å²) in [6, 6.07) is 0. The molecule has 0 aromatic heterocycles. The smallest absolute Gasteiger partial charge is 0.350 e. The molecule has 1 heterocycles. The first-order valence-corrected chi connectivity index (χ1v) is 12.2. The summed E-state index contributed by atoms with van der Waals surface area (Å²) in [5.41, 5.74) is 6.62. The van der Waals surface area contributed by atoms with Gasteiger partial charge in [0, 0.05) is 32.4 Å². The highest BCUT2D eigenvalue weighted by Crippen LogP contribution is 2.10. The zero-order chi connectivity index (χ0) is 27.5. The van der Waals surface area contributed by atoms with Crippen LogP contribution in [0.3, 0.4) is 0 Å². The summed E-state index contributed by atoms with van der Waals surface area (Å²) in [5, 5.41) is 10.5. The number of methoxy groups -OCH3 is 1. The Morgan fingerprint density at radius 1 is 0.784 bits per heavy atom. The van der Waals surface area contributed by atoms with E-state index in [0.29, 0.717) is 6.54 Å². The van der Waals surface area contributed by atoms with Gasteiger partial charge in [0.25, 0.3) is 0 Å². The van der Waals surface area contributed by atoms with E-state index in [1.165, 1.54) is 6.08 Å². The van der Waals surface area contributed by atoms with Gasteiger partial charge in [-0.05, 0) is 40.5 Å². The number of ether oxygens (including phenoxy) is 1. The van der Waals surface area contributed by atoms with Gasteiger partial charge in [-0.15, -0.1) is 0 Å². The molecule has 0 saturated carbocycles. The number of hydrogen-bond donors (Lipinski definition) is 2. The number of aliphatic carboxylic acids is 1. The summed E-state index contributed by atoms with van der Waals surface area (Å²) in [6.07, 6.45) is 27.4. The molecule has 0 amide bonds. The van der Waals surface area contributed by atoms with Crippen LogP contribution in [0.1, 0.15) is 40.5 Å². The van der Waals surface area contributed by atoms with Crippen molar-refractivity contribution in [1.29, 1.82) is 0 Å². The van der Waals surface area contributed by atoms with Crippen molar-refractivity contribution in [2.24, 2.45) is 0 Å². The van der Waals surface area contributed by atoms with Crippen molar-refractivity contribution in [3.05, 3.63) is 107 Å². The molecule has 2 N–H and O–H groups in total. The van der Waals surface area contributed by atoms with Crippen molar-refractivity contribution in [2.75, 3.05) is 20.2 Å². The third-order valence-corrected chi connectivity index (χ3v) is 5.22. The van der Waals surface area contributed by atoms with E-state index >= 15 is 0 Å². The normalized spacial score (nSPS) is 19.3. The highest BCUT2D eigenvalue weighted by Gasteiger charge is 2.19. The van der Waals surface area contributed by atoms with Crippen LogP contribution in [0.5, 0.6) is 0 Å². The molecule has 200 valence electrons. The standard InChI is InChI=1S/C30H40N2O5/c1-24(13-8-15-26(3)18-20-29(33)34)11-6-7-12-25(2)14-9-16-27(4)19-21-30(35)37-31-32-22-10-17-28(23-32)36-5/h6-9,11-16,18-21,28,31H,10,17,22-23H2,1-5H3,(H,33,34)/b7-6+,13-8+,14-9+,20-18+,21-19+,24-11+,25-12+,26-15-,27-16+. The molecular formula is C30H40N2O5. The third-order valence-electron chi connectivity index (χ3n) is 5.22. The molecule has 1 unspecified atom stereocenters. The molecule has 7 nitrogen and oxygen atoms in total. The van der Waals surface area contributed by atoms with Crippen LogP contribution in [0.25, 0.3) is 0 Å². The van der Waals surface area contributed by atoms with Crippen molar-refractivity contribution in [2.45, 2.75) is 46.6 Å². The van der Waals surface area contributed by atoms with Crippen LogP contribution >= 0.6 is 0 Å². The second kappa shape index (κ2) is 18.7. The van der Waals surface area contributed by atoms with E-state index in [9.17, 15) is 9.59 Å². The van der Waals surface area contributed by atoms with Gasteiger partial charge in [0.1, 0.15) is 0 Å². The summed E-state index contributed by atoms with van der Waals surface area (Å²) in [5.74, 6) is -1.42. The molecule has 1 rings (SSSR count). The predicted molar refractivity (Wildman–Crippen MR) is 149 cm³/mol. The molecule has 1 aliphatic rings. The fourth-order valence-electron chi connectivity index (χ4n) is 3.10. The zero-order valence-corrected chi connectivity index (χ0v) is 22.5. The second-order valence-electron chi connectivity index (χ2n) is 8.71. The highest BCUT2D eigenvalue weighted by atomic mass is 16.7. The molecule has 1 aliphatic heterocycles. The van der Waals surface area contributed by atoms with Crippen LogP contribution in [-0.2, 0) is 19.2 Å². The van der Waals surface area contributed by atoms with E-state index in [0.717, 1.165) is 47.8 Å². The van der Waals surface area contributed by atoms with E-state index < -0.39 is 11.9 Å². The zero-order valence-electron chi connectivity index (χ0n) is 22.5. The maximum Gasteiger partial charge on any atom is 0.350 e. The van der Waals surface area contributed by atoms with Gasteiger partial charge in [0.05, 0.1) is 6.10 Å². The van der Waals surface area contributed by atoms with Gasteiger partial charge in [0.15, 0.2) is 0 Å². The van der Waals surface area contributed by atoms with Crippen LogP contribution in [0, 0.1) is 0 Å². The summed E-state index contributed by atoms with van der Waals surface area (Å²) in [4.78, 5) is 27.5. The van der Waals surface area contributed by atoms with Gasteiger partial charge in [-0.25, -0.2) is 14.6 Å². The Balaban J connectivity index is 2.45. The number of hydrazine groups is 1. The Kier molecular flexibility index (Phi) is 15.9. The maximum absolute atomic E-state index is 11.9. The largest absolute Gasteiger partial charge is 0.478 e. The van der Waals surface area contributed by atoms with Crippen molar-refractivity contribution in [1.82, 2.24) is 10.6 Å². The molecule has 0 aliphatic carbocycles. The number of carboxylic acid groups (broad SMARTS) is 1. The highest BCUT2D eigenvalue weighted by molar-refractivity contribution is 5.82. The topological polar surface area (TPSA) is 88.1 Å². The van der Waals surface area contributed by atoms with Crippen LogP contribution in [0.15, 0.2) is 107 Å². The number of nitrogens with zero attached hydrogens (tertiary/aromatic N) is 1. The summed E-state index contributed by atoms with van der Waals surface area (Å²) < 4.78 is 5.35. The minimum absolute atomic E-state index is 0.150. The van der Waals surface area contributed by atoms with Crippen LogP contribution in [0.2, 0.25) is 0 Å². The van der Waals surface area contributed by atoms with Gasteiger partial charge in [0.2, 0.25) is 0 Å². The van der Waals surface area contributed by atoms with Crippen molar-refractivity contribution in [3.8, 4) is 0 Å². The van der Waals surface area contributed by atoms with Crippen LogP contribution < -0.4 is 5.59 Å². The number of allylic oxidation sites excluding steroid dienone is 16. The fraction of sp³-hybridized carbons (Fsp3) is 0.333. The van der Waals surface area contributed by atoms with Gasteiger partial charge >= 0.3 is 11.9 Å². The number of piperidine rings is 1. The third kappa shape index (κ3) is 16.7. The average molecular weight is 509 g/mol. The molecule has 0 spiro atoms. The Hall–Kier alpha value is -3.52. The predicted octanol–water partition coefficient (Wildman–Crippen LogP) is 5.71. The molecule has 0 aromatic carbocycles. The number of hydrogen-bond acceptors (Lipinski definition) is 6. The Morgan fingerprint density at radius 3 is 1.84 bits per heavy atom. The molecule has 0 aromatic rings. The molecule has 1 atom stereocenters. The average Bonchev–Trinajstić information content (AvgIpc) is 2.87. The lowest BCUT2D eigenvalue weighted by atomic mass is 10.1. The van der Waals surface area contributed by atoms with Crippen molar-refractivity contribution in [3.63, 3.8) is 0 Å². The number of carbonyl (C=O) groups is 2. The quantitative estimate of drug-likeness (QED) is 0.187. The Bertz CT molecular complexity index is 1020. The molecule has 37 heavy (non-hydrogen) atoms. The van der Waals surface area contributed by atoms with Crippen molar-refractivity contribution >= 4 is 11.9 Å². The van der Waals surface area contributed by atoms with E-state index in [1.807, 2.05) is 93.5 Å². The number of nitrogens with one attached hydrogen (secondary N) is 1. The van der Waals surface area contributed by atoms with E-state index in [-0.39, 0.29) is 6.10 Å². The lowest BCUT2D eigenvalue weighted by Gasteiger charge is -2.30. The van der Waals surface area contributed by atoms with E-state index in [1.54, 1.807) is 19.3 Å². The summed E-state index contributed by atoms with van der Waals surface area (Å²) in [7, 11) is 1.69. The number of carbonyl (C=O) groups excluding carboxylic acids is 1. The van der Waals surface area contributed by atoms with E-state index in [4.69, 9.17) is 14.7 Å². The molecule has 7 heteroatoms. The van der Waals surface area contributed by atoms with E-state index in [2.05, 4.69) is 5.59 Å². The minimum Gasteiger partial charge on any atom is -0.478 e. The Morgan fingerprint density at radius 2 is 1.30 bits per heavy atom. The first-order valence-electron chi connectivity index (χ1n) is 12.2. The first-order chi connectivity index (χ1) is 17.7. The van der Waals surface area contributed by atoms with Crippen LogP contribution in [-0.4, -0.2) is 48.4 Å². The number of carboxylic acids is 1. The molecule has 1 fully saturated rings. The number of rotatable bonds is 13. The molecular weight excluding hydrogens is 468 g/mol. The minimum atomic E-state index is -0.959. The Labute approximate surface area is 221 Å². The summed E-state index contributed by atoms with van der Waals surface area (Å²) in [6.45, 7) is 9.24. The van der Waals surface area contributed by atoms with Gasteiger partial charge in [-0.3, -0.25) is 0 Å². The SMILES string of the molecule is COC1CCCN(NOC(=O)/C=C/C(C)=C/C=C/C(C)=C/C=C/C=C(C)/C=C/C=C(C)\C=C\C(=O)O)C1. The van der Waals surface area contributed by atoms with Crippen molar-refractivity contribution < 1.29 is 24.3 Å². The van der Waals surface area contributed by atoms with Crippen LogP contribution in [0.4, 0.5) is 0 Å². The fourth-order valence-corrected chi connectivity index (χ4v) is 3.10. The molecule has 1 saturated heterocycles. The lowest BCUT2D eigenvalue weighted by molar-refractivity contribution is -0.163. The molecule has 0 radical (unpaired) electrons. The maximum atomic E-state index is 11.9. The molecule has 0 bridgehead atoms. The van der Waals surface area contributed by atoms with Gasteiger partial charge in [-0.2, -0.15) is 0 Å². The van der Waals surface area contributed by atoms with Gasteiger partial charge < -0.3 is 14.7 Å². The van der Waals surface area contributed by atoms with Gasteiger partial charge in [-0.1, -0.05) is 101 Å². The summed E-state index contributed by atoms with van der Waals surface area (Å²) >= 11 is 0. The monoisotopic (exact) mass is 508 g/mol. The first kappa shape index (κ1) is 31.5.